The van der Waals surface area contributed by atoms with E-state index in [4.69, 9.17) is 4.74 Å². The highest BCUT2D eigenvalue weighted by molar-refractivity contribution is 6.07. The summed E-state index contributed by atoms with van der Waals surface area (Å²) in [5, 5.41) is 2.25. The molecule has 3 amide bonds. The molecular weight excluding hydrogens is 362 g/mol. The van der Waals surface area contributed by atoms with Gasteiger partial charge in [-0.2, -0.15) is 0 Å². The van der Waals surface area contributed by atoms with Gasteiger partial charge in [-0.15, -0.1) is 0 Å². The number of hydrogen-bond donors (Lipinski definition) is 1. The van der Waals surface area contributed by atoms with Crippen LogP contribution in [0.3, 0.4) is 0 Å². The molecule has 1 aliphatic carbocycles. The topological polar surface area (TPSA) is 92.8 Å². The van der Waals surface area contributed by atoms with Crippen molar-refractivity contribution in [3.8, 4) is 0 Å². The van der Waals surface area contributed by atoms with Crippen molar-refractivity contribution in [3.63, 3.8) is 0 Å². The zero-order valence-corrected chi connectivity index (χ0v) is 14.4. The molecule has 0 bridgehead atoms. The highest BCUT2D eigenvalue weighted by Gasteiger charge is 2.48. The summed E-state index contributed by atoms with van der Waals surface area (Å²) in [5.74, 6) is -5.30. The molecule has 1 aromatic carbocycles. The van der Waals surface area contributed by atoms with E-state index < -0.39 is 36.7 Å². The second kappa shape index (κ2) is 7.81. The van der Waals surface area contributed by atoms with Gasteiger partial charge in [0.1, 0.15) is 6.54 Å². The zero-order chi connectivity index (χ0) is 19.6. The molecule has 2 aliphatic rings. The Morgan fingerprint density at radius 2 is 1.70 bits per heavy atom. The lowest BCUT2D eigenvalue weighted by atomic mass is 9.81. The molecule has 1 saturated carbocycles. The van der Waals surface area contributed by atoms with Crippen molar-refractivity contribution >= 4 is 29.4 Å². The molecular formula is C18H18F2N2O5. The van der Waals surface area contributed by atoms with Crippen LogP contribution >= 0.6 is 0 Å². The van der Waals surface area contributed by atoms with E-state index in [1.165, 1.54) is 0 Å². The number of ether oxygens (including phenoxy) is 1. The third-order valence-electron chi connectivity index (χ3n) is 4.79. The fourth-order valence-electron chi connectivity index (χ4n) is 3.48. The number of halogens is 2. The van der Waals surface area contributed by atoms with E-state index in [0.717, 1.165) is 35.9 Å². The lowest BCUT2D eigenvalue weighted by Gasteiger charge is -2.19. The van der Waals surface area contributed by atoms with E-state index in [-0.39, 0.29) is 29.3 Å². The quantitative estimate of drug-likeness (QED) is 0.619. The Kier molecular flexibility index (Phi) is 5.48. The number of carbonyl (C=O) groups is 4. The third-order valence-corrected chi connectivity index (χ3v) is 4.79. The van der Waals surface area contributed by atoms with Crippen LogP contribution in [0.2, 0.25) is 0 Å². The second-order valence-corrected chi connectivity index (χ2v) is 6.60. The maximum atomic E-state index is 13.1. The monoisotopic (exact) mass is 380 g/mol. The summed E-state index contributed by atoms with van der Waals surface area (Å²) in [6.07, 6.45) is 3.03. The number of likely N-dealkylation sites (tertiary alicyclic amines) is 1. The lowest BCUT2D eigenvalue weighted by molar-refractivity contribution is -0.154. The average Bonchev–Trinajstić information content (AvgIpc) is 2.88. The predicted octanol–water partition coefficient (Wildman–Crippen LogP) is 1.62. The lowest BCUT2D eigenvalue weighted by Crippen LogP contribution is -2.37. The molecule has 27 heavy (non-hydrogen) atoms. The number of benzene rings is 1. The van der Waals surface area contributed by atoms with E-state index in [9.17, 15) is 28.0 Å². The number of imide groups is 1. The molecule has 3 rings (SSSR count). The van der Waals surface area contributed by atoms with Crippen LogP contribution in [0.25, 0.3) is 0 Å². The number of hydrogen-bond acceptors (Lipinski definition) is 5. The number of rotatable bonds is 5. The van der Waals surface area contributed by atoms with Crippen LogP contribution in [0.4, 0.5) is 14.5 Å². The molecule has 1 aliphatic heterocycles. The third kappa shape index (κ3) is 4.12. The molecule has 1 N–H and O–H groups in total. The van der Waals surface area contributed by atoms with Gasteiger partial charge in [0.2, 0.25) is 11.8 Å². The number of amides is 3. The Morgan fingerprint density at radius 1 is 1.07 bits per heavy atom. The summed E-state index contributed by atoms with van der Waals surface area (Å²) in [6, 6.07) is 2.79. The van der Waals surface area contributed by atoms with Gasteiger partial charge in [0.15, 0.2) is 18.2 Å². The van der Waals surface area contributed by atoms with Gasteiger partial charge in [-0.05, 0) is 25.0 Å². The first kappa shape index (κ1) is 18.9. The maximum Gasteiger partial charge on any atom is 0.326 e. The van der Waals surface area contributed by atoms with E-state index in [1.54, 1.807) is 0 Å². The van der Waals surface area contributed by atoms with E-state index in [2.05, 4.69) is 5.32 Å². The Morgan fingerprint density at radius 3 is 2.30 bits per heavy atom. The van der Waals surface area contributed by atoms with Crippen molar-refractivity contribution in [2.24, 2.45) is 11.8 Å². The minimum atomic E-state index is -1.13. The summed E-state index contributed by atoms with van der Waals surface area (Å²) < 4.78 is 30.7. The van der Waals surface area contributed by atoms with Crippen LogP contribution in [-0.2, 0) is 23.9 Å². The normalized spacial score (nSPS) is 21.8. The fourth-order valence-corrected chi connectivity index (χ4v) is 3.48. The maximum absolute atomic E-state index is 13.1. The van der Waals surface area contributed by atoms with Crippen molar-refractivity contribution in [2.75, 3.05) is 18.5 Å². The molecule has 1 saturated heterocycles. The average molecular weight is 380 g/mol. The van der Waals surface area contributed by atoms with Crippen LogP contribution in [0.5, 0.6) is 0 Å². The van der Waals surface area contributed by atoms with E-state index in [0.29, 0.717) is 12.8 Å². The summed E-state index contributed by atoms with van der Waals surface area (Å²) in [4.78, 5) is 49.1. The number of nitrogens with one attached hydrogen (secondary N) is 1. The Labute approximate surface area is 153 Å². The molecule has 0 aromatic heterocycles. The first-order chi connectivity index (χ1) is 12.9. The van der Waals surface area contributed by atoms with Gasteiger partial charge >= 0.3 is 5.97 Å². The van der Waals surface area contributed by atoms with Gasteiger partial charge in [0.25, 0.3) is 5.91 Å². The van der Waals surface area contributed by atoms with Gasteiger partial charge in [0.05, 0.1) is 11.8 Å². The Balaban J connectivity index is 1.49. The molecule has 2 fully saturated rings. The minimum absolute atomic E-state index is 0.00363. The molecule has 0 spiro atoms. The molecule has 9 heteroatoms. The van der Waals surface area contributed by atoms with Crippen LogP contribution in [0.1, 0.15) is 25.7 Å². The minimum Gasteiger partial charge on any atom is -0.454 e. The molecule has 0 radical (unpaired) electrons. The zero-order valence-electron chi connectivity index (χ0n) is 14.4. The number of nitrogens with zero attached hydrogens (tertiary/aromatic N) is 1. The van der Waals surface area contributed by atoms with Crippen molar-refractivity contribution in [1.29, 1.82) is 0 Å². The standard InChI is InChI=1S/C18H18F2N2O5/c19-13-6-5-10(7-14(13)20)21-15(23)9-27-16(24)8-22-17(25)11-3-1-2-4-12(11)18(22)26/h5-7,11-12H,1-4,8-9H2,(H,21,23)/t11-,12-/m0/s1. The summed E-state index contributed by atoms with van der Waals surface area (Å²) in [6.45, 7) is -1.22. The fraction of sp³-hybridized carbons (Fsp3) is 0.444. The molecule has 144 valence electrons. The molecule has 1 aromatic rings. The first-order valence-electron chi connectivity index (χ1n) is 8.62. The van der Waals surface area contributed by atoms with Crippen LogP contribution in [0.15, 0.2) is 18.2 Å². The van der Waals surface area contributed by atoms with Gasteiger partial charge in [0, 0.05) is 11.8 Å². The van der Waals surface area contributed by atoms with Gasteiger partial charge in [-0.25, -0.2) is 8.78 Å². The number of carbonyl (C=O) groups excluding carboxylic acids is 4. The summed E-state index contributed by atoms with van der Waals surface area (Å²) in [7, 11) is 0. The van der Waals surface area contributed by atoms with E-state index >= 15 is 0 Å². The van der Waals surface area contributed by atoms with Gasteiger partial charge in [-0.3, -0.25) is 24.1 Å². The molecule has 7 nitrogen and oxygen atoms in total. The van der Waals surface area contributed by atoms with Crippen LogP contribution in [-0.4, -0.2) is 41.7 Å². The van der Waals surface area contributed by atoms with Crippen LogP contribution in [0, 0.1) is 23.5 Å². The number of fused-ring (bicyclic) bond motifs is 1. The van der Waals surface area contributed by atoms with E-state index in [1.807, 2.05) is 0 Å². The van der Waals surface area contributed by atoms with Gasteiger partial charge < -0.3 is 10.1 Å². The highest BCUT2D eigenvalue weighted by atomic mass is 19.2. The summed E-state index contributed by atoms with van der Waals surface area (Å²) >= 11 is 0. The Hall–Kier alpha value is -2.84. The SMILES string of the molecule is O=C(COC(=O)CN1C(=O)[C@H]2CCCC[C@@H]2C1=O)Nc1ccc(F)c(F)c1. The second-order valence-electron chi connectivity index (χ2n) is 6.60. The summed E-state index contributed by atoms with van der Waals surface area (Å²) in [5.41, 5.74) is 0.00363. The van der Waals surface area contributed by atoms with Crippen molar-refractivity contribution in [2.45, 2.75) is 25.7 Å². The number of esters is 1. The first-order valence-corrected chi connectivity index (χ1v) is 8.62. The van der Waals surface area contributed by atoms with Crippen molar-refractivity contribution in [1.82, 2.24) is 4.90 Å². The predicted molar refractivity (Wildman–Crippen MR) is 88.1 cm³/mol. The highest BCUT2D eigenvalue weighted by Crippen LogP contribution is 2.37. The van der Waals surface area contributed by atoms with Crippen LogP contribution < -0.4 is 5.32 Å². The van der Waals surface area contributed by atoms with Crippen molar-refractivity contribution in [3.05, 3.63) is 29.8 Å². The van der Waals surface area contributed by atoms with Gasteiger partial charge in [-0.1, -0.05) is 12.8 Å². The molecule has 2 atom stereocenters. The Bertz CT molecular complexity index is 774. The molecule has 0 unspecified atom stereocenters. The molecule has 1 heterocycles. The smallest absolute Gasteiger partial charge is 0.326 e. The van der Waals surface area contributed by atoms with Crippen molar-refractivity contribution < 1.29 is 32.7 Å². The number of anilines is 1. The largest absolute Gasteiger partial charge is 0.454 e.